The molecule has 9 heteroatoms. The minimum Gasteiger partial charge on any atom is -0.337 e. The standard InChI is InChI=1S/C22H23FN4O3S/c1-16-3-9-19(10-4-16)31(29,30)27-12-2-11-26(13-14-27)22(28)20-15-24-25-21(20)17-5-7-18(23)8-6-17/h3-10,15H,2,11-14H2,1H3,(H,24,25). The predicted octanol–water partition coefficient (Wildman–Crippen LogP) is 3.06. The normalized spacial score (nSPS) is 15.6. The van der Waals surface area contributed by atoms with Crippen LogP contribution < -0.4 is 0 Å². The van der Waals surface area contributed by atoms with E-state index in [1.165, 1.54) is 22.6 Å². The van der Waals surface area contributed by atoms with Crippen LogP contribution in [0.1, 0.15) is 22.3 Å². The number of nitrogens with zero attached hydrogens (tertiary/aromatic N) is 3. The highest BCUT2D eigenvalue weighted by atomic mass is 32.2. The summed E-state index contributed by atoms with van der Waals surface area (Å²) in [5, 5.41) is 6.80. The molecule has 0 bridgehead atoms. The molecule has 0 atom stereocenters. The van der Waals surface area contributed by atoms with Gasteiger partial charge < -0.3 is 4.90 Å². The lowest BCUT2D eigenvalue weighted by molar-refractivity contribution is 0.0765. The number of benzene rings is 2. The Labute approximate surface area is 180 Å². The Kier molecular flexibility index (Phi) is 5.88. The number of rotatable bonds is 4. The second-order valence-corrected chi connectivity index (χ2v) is 9.47. The summed E-state index contributed by atoms with van der Waals surface area (Å²) in [6, 6.07) is 12.6. The summed E-state index contributed by atoms with van der Waals surface area (Å²) in [7, 11) is -3.62. The number of aromatic amines is 1. The van der Waals surface area contributed by atoms with Gasteiger partial charge in [0.2, 0.25) is 10.0 Å². The first kappa shape index (κ1) is 21.2. The molecule has 162 valence electrons. The Bertz CT molecular complexity index is 1170. The monoisotopic (exact) mass is 442 g/mol. The Morgan fingerprint density at radius 1 is 1.00 bits per heavy atom. The molecule has 1 fully saturated rings. The van der Waals surface area contributed by atoms with Crippen LogP contribution in [0, 0.1) is 12.7 Å². The summed E-state index contributed by atoms with van der Waals surface area (Å²) in [5.41, 5.74) is 2.53. The fourth-order valence-electron chi connectivity index (χ4n) is 3.65. The van der Waals surface area contributed by atoms with Gasteiger partial charge in [-0.1, -0.05) is 17.7 Å². The second kappa shape index (κ2) is 8.60. The smallest absolute Gasteiger partial charge is 0.257 e. The van der Waals surface area contributed by atoms with E-state index < -0.39 is 10.0 Å². The van der Waals surface area contributed by atoms with E-state index >= 15 is 0 Å². The fourth-order valence-corrected chi connectivity index (χ4v) is 5.12. The van der Waals surface area contributed by atoms with Crippen molar-refractivity contribution >= 4 is 15.9 Å². The number of carbonyl (C=O) groups excluding carboxylic acids is 1. The van der Waals surface area contributed by atoms with Crippen molar-refractivity contribution in [2.75, 3.05) is 26.2 Å². The molecule has 1 N–H and O–H groups in total. The first-order chi connectivity index (χ1) is 14.9. The minimum atomic E-state index is -3.62. The number of aryl methyl sites for hydroxylation is 1. The third-order valence-corrected chi connectivity index (χ3v) is 7.32. The van der Waals surface area contributed by atoms with Crippen LogP contribution in [0.25, 0.3) is 11.3 Å². The van der Waals surface area contributed by atoms with Gasteiger partial charge in [0.1, 0.15) is 5.82 Å². The van der Waals surface area contributed by atoms with E-state index in [1.54, 1.807) is 41.3 Å². The van der Waals surface area contributed by atoms with Crippen molar-refractivity contribution in [2.24, 2.45) is 0 Å². The van der Waals surface area contributed by atoms with Crippen LogP contribution in [-0.2, 0) is 10.0 Å². The van der Waals surface area contributed by atoms with Crippen molar-refractivity contribution < 1.29 is 17.6 Å². The molecule has 0 unspecified atom stereocenters. The van der Waals surface area contributed by atoms with Gasteiger partial charge in [-0.15, -0.1) is 0 Å². The summed E-state index contributed by atoms with van der Waals surface area (Å²) in [6.45, 7) is 3.18. The molecule has 1 amide bonds. The van der Waals surface area contributed by atoms with Gasteiger partial charge in [-0.25, -0.2) is 12.8 Å². The Morgan fingerprint density at radius 3 is 2.42 bits per heavy atom. The molecule has 2 heterocycles. The van der Waals surface area contributed by atoms with E-state index in [4.69, 9.17) is 0 Å². The number of nitrogens with one attached hydrogen (secondary N) is 1. The number of amides is 1. The van der Waals surface area contributed by atoms with Crippen LogP contribution in [0.5, 0.6) is 0 Å². The van der Waals surface area contributed by atoms with Crippen molar-refractivity contribution in [2.45, 2.75) is 18.2 Å². The number of hydrogen-bond donors (Lipinski definition) is 1. The molecular weight excluding hydrogens is 419 g/mol. The highest BCUT2D eigenvalue weighted by Gasteiger charge is 2.29. The lowest BCUT2D eigenvalue weighted by Gasteiger charge is -2.22. The molecule has 7 nitrogen and oxygen atoms in total. The predicted molar refractivity (Wildman–Crippen MR) is 114 cm³/mol. The van der Waals surface area contributed by atoms with Crippen LogP contribution in [0.4, 0.5) is 4.39 Å². The van der Waals surface area contributed by atoms with Gasteiger partial charge in [-0.2, -0.15) is 9.40 Å². The highest BCUT2D eigenvalue weighted by molar-refractivity contribution is 7.89. The summed E-state index contributed by atoms with van der Waals surface area (Å²) in [4.78, 5) is 15.1. The SMILES string of the molecule is Cc1ccc(S(=O)(=O)N2CCCN(C(=O)c3cn[nH]c3-c3ccc(F)cc3)CC2)cc1. The van der Waals surface area contributed by atoms with Gasteiger partial charge in [-0.3, -0.25) is 9.89 Å². The molecule has 2 aromatic carbocycles. The van der Waals surface area contributed by atoms with Crippen molar-refractivity contribution in [3.8, 4) is 11.3 Å². The van der Waals surface area contributed by atoms with Crippen LogP contribution in [0.15, 0.2) is 59.6 Å². The van der Waals surface area contributed by atoms with E-state index in [2.05, 4.69) is 10.2 Å². The summed E-state index contributed by atoms with van der Waals surface area (Å²) in [5.74, 6) is -0.596. The zero-order chi connectivity index (χ0) is 22.0. The van der Waals surface area contributed by atoms with Gasteiger partial charge in [0.25, 0.3) is 5.91 Å². The number of halogens is 1. The molecule has 1 aliphatic heterocycles. The maximum absolute atomic E-state index is 13.2. The molecule has 0 saturated carbocycles. The first-order valence-electron chi connectivity index (χ1n) is 10.0. The van der Waals surface area contributed by atoms with E-state index in [9.17, 15) is 17.6 Å². The summed E-state index contributed by atoms with van der Waals surface area (Å²) >= 11 is 0. The molecule has 0 radical (unpaired) electrons. The topological polar surface area (TPSA) is 86.4 Å². The van der Waals surface area contributed by atoms with Crippen LogP contribution >= 0.6 is 0 Å². The molecule has 1 aromatic heterocycles. The van der Waals surface area contributed by atoms with Crippen molar-refractivity contribution in [1.82, 2.24) is 19.4 Å². The third kappa shape index (κ3) is 4.38. The minimum absolute atomic E-state index is 0.214. The van der Waals surface area contributed by atoms with Crippen LogP contribution in [0.2, 0.25) is 0 Å². The van der Waals surface area contributed by atoms with E-state index in [-0.39, 0.29) is 29.7 Å². The largest absolute Gasteiger partial charge is 0.337 e. The molecule has 0 spiro atoms. The lowest BCUT2D eigenvalue weighted by atomic mass is 10.1. The molecule has 3 aromatic rings. The molecule has 1 saturated heterocycles. The fraction of sp³-hybridized carbons (Fsp3) is 0.273. The van der Waals surface area contributed by atoms with Crippen molar-refractivity contribution in [3.63, 3.8) is 0 Å². The van der Waals surface area contributed by atoms with Crippen LogP contribution in [0.3, 0.4) is 0 Å². The van der Waals surface area contributed by atoms with E-state index in [1.807, 2.05) is 6.92 Å². The summed E-state index contributed by atoms with van der Waals surface area (Å²) in [6.07, 6.45) is 1.98. The van der Waals surface area contributed by atoms with Crippen molar-refractivity contribution in [1.29, 1.82) is 0 Å². The average Bonchev–Trinajstić information content (AvgIpc) is 3.10. The van der Waals surface area contributed by atoms with Gasteiger partial charge in [0.15, 0.2) is 0 Å². The van der Waals surface area contributed by atoms with Gasteiger partial charge in [0.05, 0.1) is 22.3 Å². The first-order valence-corrected chi connectivity index (χ1v) is 11.5. The van der Waals surface area contributed by atoms with Gasteiger partial charge >= 0.3 is 0 Å². The van der Waals surface area contributed by atoms with E-state index in [0.29, 0.717) is 36.3 Å². The summed E-state index contributed by atoms with van der Waals surface area (Å²) < 4.78 is 40.7. The molecule has 1 aliphatic rings. The number of sulfonamides is 1. The maximum Gasteiger partial charge on any atom is 0.257 e. The van der Waals surface area contributed by atoms with Gasteiger partial charge in [-0.05, 0) is 49.7 Å². The Balaban J connectivity index is 1.51. The zero-order valence-electron chi connectivity index (χ0n) is 17.1. The van der Waals surface area contributed by atoms with Gasteiger partial charge in [0, 0.05) is 31.7 Å². The van der Waals surface area contributed by atoms with E-state index in [0.717, 1.165) is 5.56 Å². The number of hydrogen-bond acceptors (Lipinski definition) is 4. The maximum atomic E-state index is 13.2. The van der Waals surface area contributed by atoms with Crippen LogP contribution in [-0.4, -0.2) is 59.9 Å². The van der Waals surface area contributed by atoms with Crippen molar-refractivity contribution in [3.05, 3.63) is 71.7 Å². The molecule has 31 heavy (non-hydrogen) atoms. The number of aromatic nitrogens is 2. The lowest BCUT2D eigenvalue weighted by Crippen LogP contribution is -2.37. The molecular formula is C22H23FN4O3S. The quantitative estimate of drug-likeness (QED) is 0.673. The number of carbonyl (C=O) groups is 1. The second-order valence-electron chi connectivity index (χ2n) is 7.53. The zero-order valence-corrected chi connectivity index (χ0v) is 17.9. The average molecular weight is 443 g/mol. The number of H-pyrrole nitrogens is 1. The Hall–Kier alpha value is -3.04. The Morgan fingerprint density at radius 2 is 1.71 bits per heavy atom. The molecule has 4 rings (SSSR count). The highest BCUT2D eigenvalue weighted by Crippen LogP contribution is 2.24. The third-order valence-electron chi connectivity index (χ3n) is 5.40. The molecule has 0 aliphatic carbocycles.